The Labute approximate surface area is 870 Å². The lowest BCUT2D eigenvalue weighted by Crippen LogP contribution is -2.36. The number of aryl methyl sites for hydroxylation is 2. The van der Waals surface area contributed by atoms with Crippen molar-refractivity contribution in [1.82, 2.24) is 50.1 Å². The summed E-state index contributed by atoms with van der Waals surface area (Å²) in [5.74, 6) is 0.651. The minimum atomic E-state index is -4.31. The minimum absolute atomic E-state index is 0.0201. The second-order valence-electron chi connectivity index (χ2n) is 50.3. The number of piperidine rings is 1. The maximum atomic E-state index is 13.7. The van der Waals surface area contributed by atoms with E-state index in [1.807, 2.05) is 111 Å². The van der Waals surface area contributed by atoms with E-state index in [2.05, 4.69) is 342 Å². The lowest BCUT2D eigenvalue weighted by atomic mass is 9.75. The number of nitrogens with zero attached hydrogens (tertiary/aromatic N) is 1. The van der Waals surface area contributed by atoms with Crippen LogP contribution in [0.2, 0.25) is 5.02 Å². The van der Waals surface area contributed by atoms with Crippen LogP contribution < -0.4 is 10.6 Å². The molecular weight excluding hydrogens is 1840 g/mol. The molecule has 10 N–H and O–H groups in total. The Morgan fingerprint density at radius 2 is 0.740 bits per heavy atom. The van der Waals surface area contributed by atoms with Crippen molar-refractivity contribution in [3.05, 3.63) is 313 Å². The molecule has 14 nitrogen and oxygen atoms in total. The van der Waals surface area contributed by atoms with Crippen molar-refractivity contribution in [3.8, 4) is 0 Å². The van der Waals surface area contributed by atoms with E-state index >= 15 is 0 Å². The number of amides is 3. The number of rotatable bonds is 5. The average molecular weight is 2000 g/mol. The van der Waals surface area contributed by atoms with Gasteiger partial charge in [-0.25, -0.2) is 4.39 Å². The number of aromatic nitrogens is 8. The number of benzene rings is 9. The number of carbonyl (C=O) groups is 3. The van der Waals surface area contributed by atoms with Crippen molar-refractivity contribution in [3.63, 3.8) is 0 Å². The number of hydrogen-bond acceptors (Lipinski definition) is 3. The predicted molar refractivity (Wildman–Crippen MR) is 613 cm³/mol. The summed E-state index contributed by atoms with van der Waals surface area (Å²) < 4.78 is 52.7. The summed E-state index contributed by atoms with van der Waals surface area (Å²) in [4.78, 5) is 64.2. The van der Waals surface area contributed by atoms with Crippen molar-refractivity contribution >= 4 is 122 Å². The van der Waals surface area contributed by atoms with E-state index in [0.717, 1.165) is 120 Å². The topological polar surface area (TPSA) is 205 Å². The van der Waals surface area contributed by atoms with Gasteiger partial charge in [0.05, 0.1) is 12.0 Å². The zero-order valence-corrected chi connectivity index (χ0v) is 94.3. The number of carbonyl (C=O) groups excluding carboxylic acids is 3. The molecule has 0 atom stereocenters. The highest BCUT2D eigenvalue weighted by molar-refractivity contribution is 6.32. The van der Waals surface area contributed by atoms with Crippen molar-refractivity contribution in [1.29, 1.82) is 0 Å². The van der Waals surface area contributed by atoms with Crippen LogP contribution in [0.3, 0.4) is 0 Å². The van der Waals surface area contributed by atoms with Crippen molar-refractivity contribution < 1.29 is 31.9 Å². The highest BCUT2D eigenvalue weighted by atomic mass is 35.5. The van der Waals surface area contributed by atoms with Crippen LogP contribution in [0.15, 0.2) is 213 Å². The molecule has 146 heavy (non-hydrogen) atoms. The number of alkyl halides is 3. The number of likely N-dealkylation sites (tertiary alicyclic amines) is 1. The molecular formula is C127H164ClF4N11O3. The minimum Gasteiger partial charge on any atom is -0.361 e. The van der Waals surface area contributed by atoms with Gasteiger partial charge in [0.2, 0.25) is 5.91 Å². The van der Waals surface area contributed by atoms with Crippen molar-refractivity contribution in [2.75, 3.05) is 25.0 Å². The first-order valence-electron chi connectivity index (χ1n) is 51.9. The molecule has 1 fully saturated rings. The quantitative estimate of drug-likeness (QED) is 0.0765. The molecule has 0 radical (unpaired) electrons. The van der Waals surface area contributed by atoms with Gasteiger partial charge >= 0.3 is 6.18 Å². The Morgan fingerprint density at radius 3 is 1.16 bits per heavy atom. The van der Waals surface area contributed by atoms with E-state index in [0.29, 0.717) is 29.8 Å². The van der Waals surface area contributed by atoms with E-state index in [-0.39, 0.29) is 72.3 Å². The summed E-state index contributed by atoms with van der Waals surface area (Å²) in [6.45, 7) is 75.7. The molecule has 2 aliphatic heterocycles. The second-order valence-corrected chi connectivity index (χ2v) is 50.7. The van der Waals surface area contributed by atoms with E-state index in [1.165, 1.54) is 95.1 Å². The molecule has 9 aromatic carbocycles. The van der Waals surface area contributed by atoms with Crippen LogP contribution in [0.4, 0.5) is 23.2 Å². The molecule has 0 saturated carbocycles. The lowest BCUT2D eigenvalue weighted by molar-refractivity contribution is -0.138. The van der Waals surface area contributed by atoms with E-state index in [9.17, 15) is 31.9 Å². The van der Waals surface area contributed by atoms with Crippen LogP contribution >= 0.6 is 11.6 Å². The summed E-state index contributed by atoms with van der Waals surface area (Å²) in [6.07, 6.45) is 16.2. The fraction of sp³-hybridized carbons (Fsp3) is 0.425. The van der Waals surface area contributed by atoms with Gasteiger partial charge in [0.15, 0.2) is 0 Å². The van der Waals surface area contributed by atoms with E-state index in [1.54, 1.807) is 45.2 Å². The van der Waals surface area contributed by atoms with E-state index < -0.39 is 17.2 Å². The average Bonchev–Trinajstić information content (AvgIpc) is 1.56. The van der Waals surface area contributed by atoms with Gasteiger partial charge in [0, 0.05) is 162 Å². The first kappa shape index (κ1) is 114. The van der Waals surface area contributed by atoms with Gasteiger partial charge in [-0.15, -0.1) is 0 Å². The van der Waals surface area contributed by atoms with Gasteiger partial charge in [-0.1, -0.05) is 264 Å². The maximum absolute atomic E-state index is 13.7. The number of H-pyrrole nitrogens is 8. The van der Waals surface area contributed by atoms with Crippen molar-refractivity contribution in [2.45, 2.75) is 328 Å². The number of nitrogens with one attached hydrogen (secondary N) is 10. The lowest BCUT2D eigenvalue weighted by Gasteiger charge is -2.30. The molecule has 3 amide bonds. The fourth-order valence-electron chi connectivity index (χ4n) is 18.9. The Bertz CT molecular complexity index is 7080. The zero-order chi connectivity index (χ0) is 108. The summed E-state index contributed by atoms with van der Waals surface area (Å²) in [5.41, 5.74) is 26.6. The third kappa shape index (κ3) is 29.0. The van der Waals surface area contributed by atoms with Crippen LogP contribution in [0.1, 0.15) is 346 Å². The molecule has 19 rings (SSSR count). The second kappa shape index (κ2) is 44.8. The van der Waals surface area contributed by atoms with E-state index in [4.69, 9.17) is 11.6 Å². The highest BCUT2D eigenvalue weighted by Gasteiger charge is 2.38. The SMILES string of the molecule is CC(C)(C)c1cc2[nH]ccc2cc1C(=O)N1CCCCC1.CC(C)(C)c1cc2[nH]ccc2cc1C(F)(F)F.CC(C)(C)c1cc2[nH]ccc2cc1Cl.CC(C)(C)c1cc2[nH]ccc2cc1F.CC(C)(C)c1cc2cc[nH]c2cc1C(C)(C)C.CC(C)(C)c1ccc2c(c1)NC(=O)C2.CC(C)CNC(=O)c1cc2cc[nH]c2cc1C(C)(C)C.CCc1cc2cc[nH]c2cc1C(C)(C)C.Cc1c[nH]c2cccc(C(C)(C)C)c12. The normalized spacial score (nSPS) is 13.4. The van der Waals surface area contributed by atoms with Gasteiger partial charge in [-0.3, -0.25) is 14.4 Å². The van der Waals surface area contributed by atoms with Gasteiger partial charge < -0.3 is 55.4 Å². The molecule has 8 aromatic heterocycles. The zero-order valence-electron chi connectivity index (χ0n) is 93.5. The monoisotopic (exact) mass is 2000 g/mol. The molecule has 0 aliphatic carbocycles. The molecule has 17 aromatic rings. The fourth-order valence-corrected chi connectivity index (χ4v) is 19.3. The first-order valence-corrected chi connectivity index (χ1v) is 52.2. The summed E-state index contributed by atoms with van der Waals surface area (Å²) in [6, 6.07) is 54.6. The molecule has 19 heteroatoms. The van der Waals surface area contributed by atoms with Gasteiger partial charge in [0.25, 0.3) is 11.8 Å². The molecule has 0 unspecified atom stereocenters. The Balaban J connectivity index is 0.000000157. The largest absolute Gasteiger partial charge is 0.416 e. The number of hydrogen-bond donors (Lipinski definition) is 10. The van der Waals surface area contributed by atoms with Crippen LogP contribution in [0.25, 0.3) is 87.2 Å². The maximum Gasteiger partial charge on any atom is 0.416 e. The summed E-state index contributed by atoms with van der Waals surface area (Å²) in [7, 11) is 0. The summed E-state index contributed by atoms with van der Waals surface area (Å²) in [5, 5.41) is 15.6. The number of anilines is 1. The molecule has 0 bridgehead atoms. The molecule has 0 spiro atoms. The van der Waals surface area contributed by atoms with Gasteiger partial charge in [-0.2, -0.15) is 13.2 Å². The third-order valence-electron chi connectivity index (χ3n) is 27.1. The Hall–Kier alpha value is -12.3. The molecule has 2 aliphatic rings. The van der Waals surface area contributed by atoms with Crippen molar-refractivity contribution in [2.24, 2.45) is 5.92 Å². The van der Waals surface area contributed by atoms with Gasteiger partial charge in [-0.05, 0) is 321 Å². The van der Waals surface area contributed by atoms with Crippen LogP contribution in [-0.4, -0.2) is 82.1 Å². The predicted octanol–water partition coefficient (Wildman–Crippen LogP) is 35.2. The number of fused-ring (bicyclic) bond motifs is 9. The van der Waals surface area contributed by atoms with Gasteiger partial charge in [0.1, 0.15) is 5.82 Å². The molecule has 780 valence electrons. The standard InChI is InChI=1S/C18H24N2O.C17H24N2O.C16H23N.C14H19N.C13H14F3N.C13H17N.C12H14ClN.C12H14FN.C12H15NO/c1-18(2,3)15-12-16-13(7-8-19-16)11-14(15)17(21)20-9-5-4-6-10-20;1-11(2)10-19-16(20)13-8-12-6-7-18-15(12)9-14(13)17(3,4)5;1-15(2,3)12-9-11-7-8-17-14(11)10-13(12)16(4,5)6;1-5-10-8-11-6-7-15-13(11)9-12(10)14(2,3)4;1-12(2,3)9-7-11-8(4-5-17-11)6-10(9)13(14,15)16;1-9-8-14-11-7-5-6-10(12(9)11)13(2,3)4;2*1-12(2,3)9-7-11-8(4-5-14-11)6-10(9)13;1-12(2,3)9-5-4-8-6-11(14)13-10(8)7-9/h7-8,11-12,19H,4-6,9-10H2,1-3H3;6-9,11,18H,10H2,1-5H3,(H,19,20);7-10,17H,1-6H3;6-9,15H,5H2,1-4H3;4-7,17H,1-3H3;5-8,14H,1-4H3;2*4-7,14H,1-3H3;4-5,7H,6H2,1-3H3,(H,13,14). The Morgan fingerprint density at radius 1 is 0.377 bits per heavy atom. The number of halogens is 5. The molecule has 10 heterocycles. The van der Waals surface area contributed by atoms with Crippen LogP contribution in [-0.2, 0) is 78.0 Å². The first-order chi connectivity index (χ1) is 67.6. The third-order valence-corrected chi connectivity index (χ3v) is 27.4. The Kier molecular flexibility index (Phi) is 35.0. The number of aromatic amines is 8. The smallest absolute Gasteiger partial charge is 0.361 e. The highest BCUT2D eigenvalue weighted by Crippen LogP contribution is 2.44. The van der Waals surface area contributed by atoms with Crippen LogP contribution in [0, 0.1) is 18.7 Å². The van der Waals surface area contributed by atoms with Crippen LogP contribution in [0.5, 0.6) is 0 Å². The molecule has 1 saturated heterocycles. The summed E-state index contributed by atoms with van der Waals surface area (Å²) >= 11 is 6.23.